The van der Waals surface area contributed by atoms with Crippen LogP contribution in [-0.2, 0) is 4.79 Å². The van der Waals surface area contributed by atoms with Gasteiger partial charge in [0.15, 0.2) is 0 Å². The van der Waals surface area contributed by atoms with Crippen molar-refractivity contribution in [2.75, 3.05) is 13.1 Å². The molecule has 0 aliphatic heterocycles. The maximum atomic E-state index is 12.5. The van der Waals surface area contributed by atoms with Crippen LogP contribution in [-0.4, -0.2) is 34.9 Å². The molecule has 2 aromatic rings. The summed E-state index contributed by atoms with van der Waals surface area (Å²) >= 11 is 0. The summed E-state index contributed by atoms with van der Waals surface area (Å²) in [5.74, 6) is -1.87. The summed E-state index contributed by atoms with van der Waals surface area (Å²) in [5, 5.41) is 34.3. The molecular weight excluding hydrogens is 364 g/mol. The lowest BCUT2D eigenvalue weighted by Gasteiger charge is -2.18. The Morgan fingerprint density at radius 1 is 1.14 bits per heavy atom. The number of nitrogens with zero attached hydrogens (tertiary/aromatic N) is 2. The number of carbonyl (C=O) groups is 2. The number of aromatic hydroxyl groups is 1. The van der Waals surface area contributed by atoms with Gasteiger partial charge in [-0.15, -0.1) is 0 Å². The molecule has 2 rings (SSSR count). The van der Waals surface area contributed by atoms with Crippen molar-refractivity contribution in [3.05, 3.63) is 69.8 Å². The van der Waals surface area contributed by atoms with Crippen molar-refractivity contribution in [3.63, 3.8) is 0 Å². The first-order valence-corrected chi connectivity index (χ1v) is 8.39. The molecule has 2 aromatic carbocycles. The zero-order chi connectivity index (χ0) is 20.5. The Hall–Kier alpha value is -3.93. The van der Waals surface area contributed by atoms with Crippen LogP contribution in [0.4, 0.5) is 5.69 Å². The van der Waals surface area contributed by atoms with E-state index in [0.717, 1.165) is 0 Å². The van der Waals surface area contributed by atoms with Gasteiger partial charge < -0.3 is 15.7 Å². The van der Waals surface area contributed by atoms with Gasteiger partial charge >= 0.3 is 0 Å². The number of rotatable bonds is 8. The Labute approximate surface area is 160 Å². The van der Waals surface area contributed by atoms with E-state index in [0.29, 0.717) is 5.56 Å². The third-order valence-electron chi connectivity index (χ3n) is 3.96. The maximum absolute atomic E-state index is 12.5. The summed E-state index contributed by atoms with van der Waals surface area (Å²) in [5.41, 5.74) is 0.0941. The number of phenols is 1. The van der Waals surface area contributed by atoms with E-state index in [1.54, 1.807) is 12.1 Å². The molecule has 9 heteroatoms. The number of benzene rings is 2. The van der Waals surface area contributed by atoms with Gasteiger partial charge in [-0.2, -0.15) is 5.26 Å². The van der Waals surface area contributed by atoms with Crippen LogP contribution in [0.2, 0.25) is 0 Å². The standard InChI is InChI=1S/C19H18N4O5/c20-10-3-11-21-19(26)16(13-6-8-14(24)9-7-13)12-22-18(25)15-4-1-2-5-17(15)23(27)28/h1-2,4-9,16,24H,3,11-12H2,(H,21,26)(H,22,25). The van der Waals surface area contributed by atoms with Crippen molar-refractivity contribution < 1.29 is 19.6 Å². The molecular formula is C19H18N4O5. The van der Waals surface area contributed by atoms with E-state index in [1.807, 2.05) is 6.07 Å². The van der Waals surface area contributed by atoms with Gasteiger partial charge in [0.2, 0.25) is 5.91 Å². The minimum absolute atomic E-state index is 0.0244. The molecule has 1 unspecified atom stereocenters. The number of amides is 2. The predicted molar refractivity (Wildman–Crippen MR) is 99.5 cm³/mol. The van der Waals surface area contributed by atoms with Crippen molar-refractivity contribution in [2.45, 2.75) is 12.3 Å². The number of hydrogen-bond donors (Lipinski definition) is 3. The lowest BCUT2D eigenvalue weighted by Crippen LogP contribution is -2.38. The number of phenolic OH excluding ortho intramolecular Hbond substituents is 1. The van der Waals surface area contributed by atoms with Gasteiger partial charge in [0.1, 0.15) is 11.3 Å². The molecule has 144 valence electrons. The molecule has 0 saturated carbocycles. The van der Waals surface area contributed by atoms with Gasteiger partial charge in [0.05, 0.1) is 23.3 Å². The molecule has 1 atom stereocenters. The Morgan fingerprint density at radius 3 is 2.46 bits per heavy atom. The van der Waals surface area contributed by atoms with Crippen LogP contribution in [0.3, 0.4) is 0 Å². The quantitative estimate of drug-likeness (QED) is 0.361. The smallest absolute Gasteiger partial charge is 0.282 e. The van der Waals surface area contributed by atoms with Crippen LogP contribution in [0.1, 0.15) is 28.3 Å². The van der Waals surface area contributed by atoms with E-state index < -0.39 is 22.7 Å². The van der Waals surface area contributed by atoms with E-state index in [1.165, 1.54) is 36.4 Å². The molecule has 0 fully saturated rings. The molecule has 0 aliphatic carbocycles. The predicted octanol–water partition coefficient (Wildman–Crippen LogP) is 1.84. The first-order chi connectivity index (χ1) is 13.4. The summed E-state index contributed by atoms with van der Waals surface area (Å²) in [6, 6.07) is 13.3. The number of para-hydroxylation sites is 1. The average molecular weight is 382 g/mol. The second-order valence-corrected chi connectivity index (χ2v) is 5.83. The van der Waals surface area contributed by atoms with Crippen LogP contribution < -0.4 is 10.6 Å². The molecule has 0 spiro atoms. The number of hydrogen-bond acceptors (Lipinski definition) is 6. The summed E-state index contributed by atoms with van der Waals surface area (Å²) in [4.78, 5) is 35.3. The number of carbonyl (C=O) groups excluding carboxylic acids is 2. The van der Waals surface area contributed by atoms with E-state index in [-0.39, 0.29) is 36.5 Å². The summed E-state index contributed by atoms with van der Waals surface area (Å²) < 4.78 is 0. The van der Waals surface area contributed by atoms with Gasteiger partial charge in [0.25, 0.3) is 11.6 Å². The van der Waals surface area contributed by atoms with Crippen LogP contribution in [0.15, 0.2) is 48.5 Å². The molecule has 0 heterocycles. The highest BCUT2D eigenvalue weighted by atomic mass is 16.6. The molecule has 0 radical (unpaired) electrons. The van der Waals surface area contributed by atoms with E-state index >= 15 is 0 Å². The zero-order valence-corrected chi connectivity index (χ0v) is 14.8. The minimum atomic E-state index is -0.800. The molecule has 0 aliphatic rings. The van der Waals surface area contributed by atoms with Crippen LogP contribution in [0.5, 0.6) is 5.75 Å². The molecule has 0 bridgehead atoms. The highest BCUT2D eigenvalue weighted by molar-refractivity contribution is 5.98. The Morgan fingerprint density at radius 2 is 1.82 bits per heavy atom. The second kappa shape index (κ2) is 9.68. The molecule has 3 N–H and O–H groups in total. The second-order valence-electron chi connectivity index (χ2n) is 5.83. The first kappa shape index (κ1) is 20.4. The van der Waals surface area contributed by atoms with Crippen LogP contribution in [0.25, 0.3) is 0 Å². The van der Waals surface area contributed by atoms with Gasteiger partial charge in [-0.25, -0.2) is 0 Å². The van der Waals surface area contributed by atoms with Crippen LogP contribution in [0, 0.1) is 21.4 Å². The topological polar surface area (TPSA) is 145 Å². The van der Waals surface area contributed by atoms with Gasteiger partial charge in [-0.3, -0.25) is 19.7 Å². The number of nitriles is 1. The Kier molecular flexibility index (Phi) is 7.05. The third-order valence-corrected chi connectivity index (χ3v) is 3.96. The van der Waals surface area contributed by atoms with Gasteiger partial charge in [-0.1, -0.05) is 24.3 Å². The van der Waals surface area contributed by atoms with Crippen molar-refractivity contribution in [1.82, 2.24) is 10.6 Å². The van der Waals surface area contributed by atoms with Crippen molar-refractivity contribution in [1.29, 1.82) is 5.26 Å². The molecule has 9 nitrogen and oxygen atoms in total. The summed E-state index contributed by atoms with van der Waals surface area (Å²) in [6.07, 6.45) is 0.136. The summed E-state index contributed by atoms with van der Waals surface area (Å²) in [7, 11) is 0. The fourth-order valence-corrected chi connectivity index (χ4v) is 2.55. The van der Waals surface area contributed by atoms with Crippen LogP contribution >= 0.6 is 0 Å². The highest BCUT2D eigenvalue weighted by Crippen LogP contribution is 2.20. The van der Waals surface area contributed by atoms with Crippen molar-refractivity contribution in [3.8, 4) is 11.8 Å². The Balaban J connectivity index is 2.17. The fraction of sp³-hybridized carbons (Fsp3) is 0.211. The number of nitrogens with one attached hydrogen (secondary N) is 2. The molecule has 0 saturated heterocycles. The number of nitro benzene ring substituents is 1. The van der Waals surface area contributed by atoms with Gasteiger partial charge in [0, 0.05) is 19.2 Å². The third kappa shape index (κ3) is 5.28. The molecule has 2 amide bonds. The lowest BCUT2D eigenvalue weighted by atomic mass is 9.97. The van der Waals surface area contributed by atoms with E-state index in [9.17, 15) is 24.8 Å². The normalized spacial score (nSPS) is 11.1. The zero-order valence-electron chi connectivity index (χ0n) is 14.8. The largest absolute Gasteiger partial charge is 0.508 e. The molecule has 28 heavy (non-hydrogen) atoms. The first-order valence-electron chi connectivity index (χ1n) is 8.39. The van der Waals surface area contributed by atoms with Crippen molar-refractivity contribution >= 4 is 17.5 Å². The fourth-order valence-electron chi connectivity index (χ4n) is 2.55. The van der Waals surface area contributed by atoms with E-state index in [2.05, 4.69) is 10.6 Å². The number of nitro groups is 1. The molecule has 0 aromatic heterocycles. The monoisotopic (exact) mass is 382 g/mol. The van der Waals surface area contributed by atoms with Crippen molar-refractivity contribution in [2.24, 2.45) is 0 Å². The lowest BCUT2D eigenvalue weighted by molar-refractivity contribution is -0.385. The average Bonchev–Trinajstić information content (AvgIpc) is 2.69. The van der Waals surface area contributed by atoms with E-state index in [4.69, 9.17) is 5.26 Å². The highest BCUT2D eigenvalue weighted by Gasteiger charge is 2.24. The maximum Gasteiger partial charge on any atom is 0.282 e. The SMILES string of the molecule is N#CCCNC(=O)C(CNC(=O)c1ccccc1[N+](=O)[O-])c1ccc(O)cc1. The summed E-state index contributed by atoms with van der Waals surface area (Å²) in [6.45, 7) is 0.0378. The van der Waals surface area contributed by atoms with Gasteiger partial charge in [-0.05, 0) is 23.8 Å². The minimum Gasteiger partial charge on any atom is -0.508 e. The Bertz CT molecular complexity index is 905.